The molecule has 0 atom stereocenters. The van der Waals surface area contributed by atoms with Crippen molar-refractivity contribution >= 4 is 23.4 Å². The summed E-state index contributed by atoms with van der Waals surface area (Å²) in [5, 5.41) is 5.86. The maximum Gasteiger partial charge on any atom is 0.280 e. The van der Waals surface area contributed by atoms with E-state index < -0.39 is 0 Å². The van der Waals surface area contributed by atoms with Crippen molar-refractivity contribution in [3.8, 4) is 0 Å². The Balaban J connectivity index is 1.96. The van der Waals surface area contributed by atoms with Crippen LogP contribution in [-0.4, -0.2) is 11.6 Å². The third-order valence-corrected chi connectivity index (χ3v) is 3.42. The lowest BCUT2D eigenvalue weighted by molar-refractivity contribution is -0.114. The van der Waals surface area contributed by atoms with Gasteiger partial charge in [0, 0.05) is 0 Å². The minimum atomic E-state index is -0.0815. The molecule has 2 aromatic rings. The molecule has 1 amide bonds. The highest BCUT2D eigenvalue weighted by Gasteiger charge is 2.28. The summed E-state index contributed by atoms with van der Waals surface area (Å²) >= 11 is 0. The van der Waals surface area contributed by atoms with Crippen LogP contribution in [-0.2, 0) is 4.79 Å². The Labute approximate surface area is 124 Å². The van der Waals surface area contributed by atoms with Crippen LogP contribution in [0.1, 0.15) is 18.1 Å². The van der Waals surface area contributed by atoms with Gasteiger partial charge in [-0.15, -0.1) is 0 Å². The van der Waals surface area contributed by atoms with E-state index in [0.29, 0.717) is 5.57 Å². The van der Waals surface area contributed by atoms with Crippen LogP contribution in [0.25, 0.3) is 6.08 Å². The first-order valence-electron chi connectivity index (χ1n) is 6.88. The molecule has 0 spiro atoms. The molecule has 1 heterocycles. The van der Waals surface area contributed by atoms with E-state index in [1.54, 1.807) is 0 Å². The molecule has 0 radical (unpaired) electrons. The van der Waals surface area contributed by atoms with Crippen LogP contribution in [0.15, 0.2) is 65.3 Å². The van der Waals surface area contributed by atoms with Crippen LogP contribution in [0.5, 0.6) is 0 Å². The van der Waals surface area contributed by atoms with E-state index in [1.165, 1.54) is 5.01 Å². The second kappa shape index (κ2) is 5.37. The van der Waals surface area contributed by atoms with Crippen LogP contribution >= 0.6 is 0 Å². The average molecular weight is 276 g/mol. The quantitative estimate of drug-likeness (QED) is 0.768. The second-order valence-electron chi connectivity index (χ2n) is 5.11. The normalized spacial score (nSPS) is 16.5. The van der Waals surface area contributed by atoms with Gasteiger partial charge in [0.1, 0.15) is 0 Å². The molecule has 0 aliphatic carbocycles. The molecule has 2 aromatic carbocycles. The van der Waals surface area contributed by atoms with E-state index in [1.807, 2.05) is 74.5 Å². The Morgan fingerprint density at radius 2 is 1.76 bits per heavy atom. The van der Waals surface area contributed by atoms with Gasteiger partial charge in [0.05, 0.1) is 17.0 Å². The lowest BCUT2D eigenvalue weighted by Gasteiger charge is -2.12. The van der Waals surface area contributed by atoms with Gasteiger partial charge in [-0.25, -0.2) is 0 Å². The van der Waals surface area contributed by atoms with Crippen molar-refractivity contribution in [1.82, 2.24) is 0 Å². The number of carbonyl (C=O) groups excluding carboxylic acids is 1. The first kappa shape index (κ1) is 13.3. The summed E-state index contributed by atoms with van der Waals surface area (Å²) in [5.41, 5.74) is 4.29. The van der Waals surface area contributed by atoms with Gasteiger partial charge in [-0.1, -0.05) is 42.5 Å². The molecule has 0 bridgehead atoms. The molecule has 0 saturated carbocycles. The molecule has 0 fully saturated rings. The molecule has 0 saturated heterocycles. The average Bonchev–Trinajstić information content (AvgIpc) is 2.76. The molecule has 0 unspecified atom stereocenters. The highest BCUT2D eigenvalue weighted by Crippen LogP contribution is 2.25. The van der Waals surface area contributed by atoms with Gasteiger partial charge in [0.2, 0.25) is 0 Å². The zero-order chi connectivity index (χ0) is 14.8. The summed E-state index contributed by atoms with van der Waals surface area (Å²) < 4.78 is 0. The van der Waals surface area contributed by atoms with Gasteiger partial charge < -0.3 is 0 Å². The monoisotopic (exact) mass is 276 g/mol. The smallest absolute Gasteiger partial charge is 0.267 e. The topological polar surface area (TPSA) is 32.7 Å². The Morgan fingerprint density at radius 1 is 1.00 bits per heavy atom. The molecular weight excluding hydrogens is 260 g/mol. The zero-order valence-electron chi connectivity index (χ0n) is 12.1. The fourth-order valence-corrected chi connectivity index (χ4v) is 2.33. The lowest BCUT2D eigenvalue weighted by atomic mass is 10.1. The van der Waals surface area contributed by atoms with Crippen molar-refractivity contribution in [2.45, 2.75) is 13.8 Å². The number of amides is 1. The SMILES string of the molecule is CC1=NN(c2cccc(C)c2)C(=O)C1=Cc1ccccc1. The Hall–Kier alpha value is -2.68. The number of anilines is 1. The number of hydrogen-bond donors (Lipinski definition) is 0. The van der Waals surface area contributed by atoms with E-state index >= 15 is 0 Å². The molecule has 3 heteroatoms. The Morgan fingerprint density at radius 3 is 2.48 bits per heavy atom. The van der Waals surface area contributed by atoms with Crippen molar-refractivity contribution in [2.75, 3.05) is 5.01 Å². The van der Waals surface area contributed by atoms with Gasteiger partial charge in [-0.2, -0.15) is 10.1 Å². The third-order valence-electron chi connectivity index (χ3n) is 3.42. The standard InChI is InChI=1S/C18H16N2O/c1-13-7-6-10-16(11-13)20-18(21)17(14(2)19-20)12-15-8-4-3-5-9-15/h3-12H,1-2H3. The molecule has 3 rings (SSSR count). The summed E-state index contributed by atoms with van der Waals surface area (Å²) in [4.78, 5) is 12.6. The van der Waals surface area contributed by atoms with Crippen molar-refractivity contribution in [1.29, 1.82) is 0 Å². The number of rotatable bonds is 2. The van der Waals surface area contributed by atoms with E-state index in [2.05, 4.69) is 5.10 Å². The van der Waals surface area contributed by atoms with Crippen molar-refractivity contribution in [3.05, 3.63) is 71.3 Å². The molecule has 0 N–H and O–H groups in total. The minimum absolute atomic E-state index is 0.0815. The van der Waals surface area contributed by atoms with Gasteiger partial charge in [0.25, 0.3) is 5.91 Å². The fourth-order valence-electron chi connectivity index (χ4n) is 2.33. The Kier molecular flexibility index (Phi) is 3.40. The maximum atomic E-state index is 12.6. The van der Waals surface area contributed by atoms with Crippen LogP contribution in [0, 0.1) is 6.92 Å². The number of nitrogens with zero attached hydrogens (tertiary/aromatic N) is 2. The summed E-state index contributed by atoms with van der Waals surface area (Å²) in [6.07, 6.45) is 1.89. The summed E-state index contributed by atoms with van der Waals surface area (Å²) in [7, 11) is 0. The summed E-state index contributed by atoms with van der Waals surface area (Å²) in [6, 6.07) is 17.6. The lowest BCUT2D eigenvalue weighted by Crippen LogP contribution is -2.21. The van der Waals surface area contributed by atoms with E-state index in [4.69, 9.17) is 0 Å². The van der Waals surface area contributed by atoms with Crippen LogP contribution in [0.3, 0.4) is 0 Å². The third kappa shape index (κ3) is 2.63. The van der Waals surface area contributed by atoms with Crippen molar-refractivity contribution in [2.24, 2.45) is 5.10 Å². The molecule has 1 aliphatic heterocycles. The minimum Gasteiger partial charge on any atom is -0.267 e. The molecule has 3 nitrogen and oxygen atoms in total. The first-order valence-corrected chi connectivity index (χ1v) is 6.88. The van der Waals surface area contributed by atoms with Crippen molar-refractivity contribution < 1.29 is 4.79 Å². The second-order valence-corrected chi connectivity index (χ2v) is 5.11. The Bertz CT molecular complexity index is 745. The van der Waals surface area contributed by atoms with Crippen LogP contribution < -0.4 is 5.01 Å². The number of aryl methyl sites for hydroxylation is 1. The largest absolute Gasteiger partial charge is 0.280 e. The van der Waals surface area contributed by atoms with E-state index in [-0.39, 0.29) is 5.91 Å². The highest BCUT2D eigenvalue weighted by atomic mass is 16.2. The van der Waals surface area contributed by atoms with Gasteiger partial charge in [0.15, 0.2) is 0 Å². The number of hydrogen-bond acceptors (Lipinski definition) is 2. The van der Waals surface area contributed by atoms with Gasteiger partial charge >= 0.3 is 0 Å². The van der Waals surface area contributed by atoms with E-state index in [0.717, 1.165) is 22.5 Å². The molecule has 104 valence electrons. The van der Waals surface area contributed by atoms with Gasteiger partial charge in [-0.05, 0) is 43.2 Å². The molecule has 0 aromatic heterocycles. The highest BCUT2D eigenvalue weighted by molar-refractivity contribution is 6.32. The predicted octanol–water partition coefficient (Wildman–Crippen LogP) is 3.80. The number of benzene rings is 2. The fraction of sp³-hybridized carbons (Fsp3) is 0.111. The summed E-state index contributed by atoms with van der Waals surface area (Å²) in [6.45, 7) is 3.86. The number of hydrazone groups is 1. The van der Waals surface area contributed by atoms with Gasteiger partial charge in [-0.3, -0.25) is 4.79 Å². The maximum absolute atomic E-state index is 12.6. The van der Waals surface area contributed by atoms with E-state index in [9.17, 15) is 4.79 Å². The van der Waals surface area contributed by atoms with Crippen LogP contribution in [0.4, 0.5) is 5.69 Å². The summed E-state index contributed by atoms with van der Waals surface area (Å²) in [5.74, 6) is -0.0815. The predicted molar refractivity (Wildman–Crippen MR) is 86.2 cm³/mol. The first-order chi connectivity index (χ1) is 10.1. The van der Waals surface area contributed by atoms with Crippen molar-refractivity contribution in [3.63, 3.8) is 0 Å². The zero-order valence-corrected chi connectivity index (χ0v) is 12.1. The molecule has 21 heavy (non-hydrogen) atoms. The molecule has 1 aliphatic rings. The molecular formula is C18H16N2O. The van der Waals surface area contributed by atoms with Crippen LogP contribution in [0.2, 0.25) is 0 Å². The number of carbonyl (C=O) groups is 1.